The van der Waals surface area contributed by atoms with E-state index in [-0.39, 0.29) is 0 Å². The van der Waals surface area contributed by atoms with Crippen LogP contribution >= 0.6 is 0 Å². The molecule has 3 rings (SSSR count). The van der Waals surface area contributed by atoms with E-state index < -0.39 is 0 Å². The Kier molecular flexibility index (Phi) is 4.43. The molecule has 4 nitrogen and oxygen atoms in total. The molecule has 0 amide bonds. The van der Waals surface area contributed by atoms with Crippen molar-refractivity contribution in [2.75, 3.05) is 31.1 Å². The summed E-state index contributed by atoms with van der Waals surface area (Å²) >= 11 is 0. The predicted octanol–water partition coefficient (Wildman–Crippen LogP) is 2.73. The van der Waals surface area contributed by atoms with Gasteiger partial charge in [0.2, 0.25) is 0 Å². The fourth-order valence-corrected chi connectivity index (χ4v) is 3.32. The van der Waals surface area contributed by atoms with Crippen molar-refractivity contribution in [3.63, 3.8) is 0 Å². The quantitative estimate of drug-likeness (QED) is 0.853. The molecule has 0 N–H and O–H groups in total. The van der Waals surface area contributed by atoms with Crippen LogP contribution in [0.1, 0.15) is 38.8 Å². The first-order valence-corrected chi connectivity index (χ1v) is 8.43. The Labute approximate surface area is 128 Å². The van der Waals surface area contributed by atoms with Crippen LogP contribution in [-0.4, -0.2) is 47.3 Å². The van der Waals surface area contributed by atoms with E-state index in [9.17, 15) is 0 Å². The number of aromatic nitrogens is 2. The number of nitrogens with zero attached hydrogens (tertiary/aromatic N) is 4. The summed E-state index contributed by atoms with van der Waals surface area (Å²) in [7, 11) is 0. The van der Waals surface area contributed by atoms with Gasteiger partial charge in [-0.25, -0.2) is 0 Å². The molecule has 2 fully saturated rings. The van der Waals surface area contributed by atoms with E-state index >= 15 is 0 Å². The first-order valence-electron chi connectivity index (χ1n) is 8.43. The highest BCUT2D eigenvalue weighted by atomic mass is 15.3. The van der Waals surface area contributed by atoms with Crippen molar-refractivity contribution < 1.29 is 0 Å². The van der Waals surface area contributed by atoms with Crippen LogP contribution in [-0.2, 0) is 0 Å². The monoisotopic (exact) mass is 288 g/mol. The molecule has 0 radical (unpaired) electrons. The van der Waals surface area contributed by atoms with Crippen molar-refractivity contribution >= 4 is 5.82 Å². The first kappa shape index (κ1) is 14.8. The van der Waals surface area contributed by atoms with Gasteiger partial charge in [-0.15, -0.1) is 5.10 Å². The summed E-state index contributed by atoms with van der Waals surface area (Å²) in [6.07, 6.45) is 4.11. The molecule has 116 valence electrons. The maximum Gasteiger partial charge on any atom is 0.151 e. The Hall–Kier alpha value is -1.16. The van der Waals surface area contributed by atoms with Gasteiger partial charge in [-0.2, -0.15) is 5.10 Å². The minimum Gasteiger partial charge on any atom is -0.354 e. The molecular weight excluding hydrogens is 260 g/mol. The predicted molar refractivity (Wildman–Crippen MR) is 86.5 cm³/mol. The van der Waals surface area contributed by atoms with Crippen molar-refractivity contribution in [2.24, 2.45) is 11.8 Å². The Morgan fingerprint density at radius 1 is 1.19 bits per heavy atom. The molecule has 0 spiro atoms. The first-order chi connectivity index (χ1) is 10.1. The largest absolute Gasteiger partial charge is 0.354 e. The van der Waals surface area contributed by atoms with Crippen LogP contribution in [0.3, 0.4) is 0 Å². The van der Waals surface area contributed by atoms with Gasteiger partial charge in [-0.1, -0.05) is 13.8 Å². The minimum absolute atomic E-state index is 0.635. The second kappa shape index (κ2) is 6.30. The van der Waals surface area contributed by atoms with Crippen LogP contribution in [0.5, 0.6) is 0 Å². The van der Waals surface area contributed by atoms with Gasteiger partial charge >= 0.3 is 0 Å². The van der Waals surface area contributed by atoms with Crippen molar-refractivity contribution in [3.8, 4) is 0 Å². The second-order valence-electron chi connectivity index (χ2n) is 7.08. The van der Waals surface area contributed by atoms with E-state index in [1.54, 1.807) is 0 Å². The molecule has 1 saturated heterocycles. The minimum atomic E-state index is 0.635. The third kappa shape index (κ3) is 3.73. The topological polar surface area (TPSA) is 32.3 Å². The van der Waals surface area contributed by atoms with E-state index in [0.29, 0.717) is 12.0 Å². The van der Waals surface area contributed by atoms with Crippen molar-refractivity contribution in [2.45, 2.75) is 46.1 Å². The van der Waals surface area contributed by atoms with E-state index in [0.717, 1.165) is 30.5 Å². The smallest absolute Gasteiger partial charge is 0.151 e. The second-order valence-corrected chi connectivity index (χ2v) is 7.08. The zero-order chi connectivity index (χ0) is 14.8. The molecule has 1 atom stereocenters. The molecule has 0 aromatic carbocycles. The lowest BCUT2D eigenvalue weighted by Gasteiger charge is -2.34. The van der Waals surface area contributed by atoms with Crippen molar-refractivity contribution in [1.29, 1.82) is 0 Å². The van der Waals surface area contributed by atoms with E-state index in [4.69, 9.17) is 0 Å². The number of hydrogen-bond acceptors (Lipinski definition) is 4. The average Bonchev–Trinajstić information content (AvgIpc) is 3.27. The number of anilines is 1. The van der Waals surface area contributed by atoms with Crippen LogP contribution in [0.15, 0.2) is 12.1 Å². The highest BCUT2D eigenvalue weighted by molar-refractivity contribution is 5.37. The molecular formula is C17H28N4. The molecule has 1 aliphatic carbocycles. The summed E-state index contributed by atoms with van der Waals surface area (Å²) in [5.74, 6) is 2.69. The van der Waals surface area contributed by atoms with Crippen LogP contribution in [0.2, 0.25) is 0 Å². The summed E-state index contributed by atoms with van der Waals surface area (Å²) in [6.45, 7) is 11.4. The lowest BCUT2D eigenvalue weighted by molar-refractivity contribution is 0.162. The molecule has 0 bridgehead atoms. The van der Waals surface area contributed by atoms with Gasteiger partial charge in [0, 0.05) is 32.2 Å². The highest BCUT2D eigenvalue weighted by Crippen LogP contribution is 2.32. The summed E-state index contributed by atoms with van der Waals surface area (Å²) in [6, 6.07) is 4.83. The zero-order valence-corrected chi connectivity index (χ0v) is 13.6. The van der Waals surface area contributed by atoms with Gasteiger partial charge in [0.1, 0.15) is 0 Å². The summed E-state index contributed by atoms with van der Waals surface area (Å²) in [5, 5.41) is 8.62. The molecule has 21 heavy (non-hydrogen) atoms. The highest BCUT2D eigenvalue weighted by Gasteiger charge is 2.32. The Morgan fingerprint density at radius 3 is 2.62 bits per heavy atom. The Balaban J connectivity index is 1.73. The molecule has 1 unspecified atom stereocenters. The normalized spacial score (nSPS) is 24.4. The average molecular weight is 288 g/mol. The van der Waals surface area contributed by atoms with Crippen LogP contribution < -0.4 is 4.90 Å². The lowest BCUT2D eigenvalue weighted by atomic mass is 10.0. The summed E-state index contributed by atoms with van der Waals surface area (Å²) < 4.78 is 0. The molecule has 1 aromatic rings. The number of aryl methyl sites for hydroxylation is 1. The van der Waals surface area contributed by atoms with Crippen LogP contribution in [0, 0.1) is 18.8 Å². The lowest BCUT2D eigenvalue weighted by Crippen LogP contribution is -2.45. The third-order valence-electron chi connectivity index (χ3n) is 4.82. The van der Waals surface area contributed by atoms with Crippen molar-refractivity contribution in [1.82, 2.24) is 15.1 Å². The van der Waals surface area contributed by atoms with Gasteiger partial charge in [0.25, 0.3) is 0 Å². The molecule has 1 aromatic heterocycles. The molecule has 2 aliphatic rings. The molecule has 2 heterocycles. The van der Waals surface area contributed by atoms with Gasteiger partial charge in [0.15, 0.2) is 5.82 Å². The number of hydrogen-bond donors (Lipinski definition) is 0. The van der Waals surface area contributed by atoms with Crippen molar-refractivity contribution in [3.05, 3.63) is 17.8 Å². The van der Waals surface area contributed by atoms with Crippen LogP contribution in [0.4, 0.5) is 5.82 Å². The summed E-state index contributed by atoms with van der Waals surface area (Å²) in [5.41, 5.74) is 0.990. The van der Waals surface area contributed by atoms with Gasteiger partial charge < -0.3 is 4.90 Å². The fraction of sp³-hybridized carbons (Fsp3) is 0.765. The number of rotatable bonds is 4. The van der Waals surface area contributed by atoms with Gasteiger partial charge in [-0.3, -0.25) is 4.90 Å². The maximum atomic E-state index is 4.39. The fourth-order valence-electron chi connectivity index (χ4n) is 3.32. The molecule has 4 heteroatoms. The standard InChI is InChI=1S/C17H28N4/c1-13(2)16-12-21(17-8-5-14(3)18-19-17)10-4-9-20(16)11-15-6-7-15/h5,8,13,15-16H,4,6-7,9-12H2,1-3H3. The Bertz CT molecular complexity index is 452. The Morgan fingerprint density at radius 2 is 2.00 bits per heavy atom. The maximum absolute atomic E-state index is 4.39. The zero-order valence-electron chi connectivity index (χ0n) is 13.6. The third-order valence-corrected chi connectivity index (χ3v) is 4.82. The SMILES string of the molecule is Cc1ccc(N2CCCN(CC3CC3)C(C(C)C)C2)nn1. The van der Waals surface area contributed by atoms with E-state index in [1.807, 2.05) is 6.92 Å². The van der Waals surface area contributed by atoms with Crippen LogP contribution in [0.25, 0.3) is 0 Å². The molecule has 1 saturated carbocycles. The summed E-state index contributed by atoms with van der Waals surface area (Å²) in [4.78, 5) is 5.17. The van der Waals surface area contributed by atoms with E-state index in [2.05, 4.69) is 46.0 Å². The van der Waals surface area contributed by atoms with E-state index in [1.165, 1.54) is 32.4 Å². The van der Waals surface area contributed by atoms with Gasteiger partial charge in [0.05, 0.1) is 5.69 Å². The molecule has 1 aliphatic heterocycles. The van der Waals surface area contributed by atoms with Gasteiger partial charge in [-0.05, 0) is 50.2 Å².